The fourth-order valence-corrected chi connectivity index (χ4v) is 2.06. The number of nitrogens with zero attached hydrogens (tertiary/aromatic N) is 2. The van der Waals surface area contributed by atoms with Gasteiger partial charge in [0, 0.05) is 25.5 Å². The molecule has 0 aliphatic carbocycles. The van der Waals surface area contributed by atoms with Crippen LogP contribution < -0.4 is 11.1 Å². The van der Waals surface area contributed by atoms with Gasteiger partial charge in [-0.1, -0.05) is 17.7 Å². The van der Waals surface area contributed by atoms with E-state index in [-0.39, 0.29) is 5.91 Å². The van der Waals surface area contributed by atoms with E-state index in [1.807, 2.05) is 13.2 Å². The van der Waals surface area contributed by atoms with E-state index in [0.717, 1.165) is 5.56 Å². The highest BCUT2D eigenvalue weighted by molar-refractivity contribution is 6.34. The maximum absolute atomic E-state index is 12.0. The zero-order valence-corrected chi connectivity index (χ0v) is 11.3. The van der Waals surface area contributed by atoms with Gasteiger partial charge in [-0.05, 0) is 24.1 Å². The number of hydrogen-bond donors (Lipinski definition) is 2. The van der Waals surface area contributed by atoms with Gasteiger partial charge in [0.25, 0.3) is 5.91 Å². The highest BCUT2D eigenvalue weighted by atomic mass is 35.5. The summed E-state index contributed by atoms with van der Waals surface area (Å²) < 4.78 is 1.73. The van der Waals surface area contributed by atoms with Crippen molar-refractivity contribution in [2.45, 2.75) is 6.42 Å². The SMILES string of the molecule is Cn1cc(CCNC(=O)c2c(N)cccc2Cl)cn1. The number of nitrogen functional groups attached to an aromatic ring is 1. The number of amides is 1. The molecule has 2 aromatic rings. The van der Waals surface area contributed by atoms with Gasteiger partial charge < -0.3 is 11.1 Å². The lowest BCUT2D eigenvalue weighted by Crippen LogP contribution is -2.26. The number of anilines is 1. The van der Waals surface area contributed by atoms with E-state index in [4.69, 9.17) is 17.3 Å². The molecular weight excluding hydrogens is 264 g/mol. The summed E-state index contributed by atoms with van der Waals surface area (Å²) in [6.45, 7) is 0.509. The first kappa shape index (κ1) is 13.4. The van der Waals surface area contributed by atoms with E-state index < -0.39 is 0 Å². The number of carbonyl (C=O) groups excluding carboxylic acids is 1. The molecule has 0 saturated heterocycles. The molecule has 19 heavy (non-hydrogen) atoms. The highest BCUT2D eigenvalue weighted by Gasteiger charge is 2.13. The molecule has 0 radical (unpaired) electrons. The van der Waals surface area contributed by atoms with E-state index in [9.17, 15) is 4.79 Å². The Morgan fingerprint density at radius 2 is 2.32 bits per heavy atom. The first-order chi connectivity index (χ1) is 9.08. The summed E-state index contributed by atoms with van der Waals surface area (Å²) >= 11 is 5.97. The summed E-state index contributed by atoms with van der Waals surface area (Å²) in [6, 6.07) is 5.01. The van der Waals surface area contributed by atoms with Gasteiger partial charge >= 0.3 is 0 Å². The van der Waals surface area contributed by atoms with E-state index in [2.05, 4.69) is 10.4 Å². The van der Waals surface area contributed by atoms with Crippen LogP contribution in [0.1, 0.15) is 15.9 Å². The minimum Gasteiger partial charge on any atom is -0.398 e. The van der Waals surface area contributed by atoms with Crippen molar-refractivity contribution in [1.82, 2.24) is 15.1 Å². The molecule has 0 spiro atoms. The number of aryl methyl sites for hydroxylation is 1. The van der Waals surface area contributed by atoms with Gasteiger partial charge in [-0.25, -0.2) is 0 Å². The van der Waals surface area contributed by atoms with Crippen molar-refractivity contribution >= 4 is 23.2 Å². The van der Waals surface area contributed by atoms with Gasteiger partial charge in [0.2, 0.25) is 0 Å². The number of aromatic nitrogens is 2. The third-order valence-electron chi connectivity index (χ3n) is 2.73. The summed E-state index contributed by atoms with van der Waals surface area (Å²) in [5.41, 5.74) is 7.52. The molecule has 0 saturated carbocycles. The molecule has 2 rings (SSSR count). The second-order valence-electron chi connectivity index (χ2n) is 4.23. The first-order valence-electron chi connectivity index (χ1n) is 5.87. The number of hydrogen-bond acceptors (Lipinski definition) is 3. The second kappa shape index (κ2) is 5.75. The first-order valence-corrected chi connectivity index (χ1v) is 6.25. The Hall–Kier alpha value is -2.01. The Labute approximate surface area is 116 Å². The quantitative estimate of drug-likeness (QED) is 0.835. The molecule has 0 atom stereocenters. The van der Waals surface area contributed by atoms with Crippen LogP contribution >= 0.6 is 11.6 Å². The van der Waals surface area contributed by atoms with Gasteiger partial charge in [0.15, 0.2) is 0 Å². The minimum atomic E-state index is -0.257. The molecule has 0 fully saturated rings. The summed E-state index contributed by atoms with van der Waals surface area (Å²) in [5.74, 6) is -0.257. The van der Waals surface area contributed by atoms with Crippen LogP contribution in [0.15, 0.2) is 30.6 Å². The van der Waals surface area contributed by atoms with Crippen LogP contribution in [0.3, 0.4) is 0 Å². The Morgan fingerprint density at radius 3 is 2.95 bits per heavy atom. The average Bonchev–Trinajstić information content (AvgIpc) is 2.75. The molecule has 6 heteroatoms. The monoisotopic (exact) mass is 278 g/mol. The number of carbonyl (C=O) groups is 1. The molecule has 0 bridgehead atoms. The molecule has 0 unspecified atom stereocenters. The topological polar surface area (TPSA) is 72.9 Å². The number of nitrogens with one attached hydrogen (secondary N) is 1. The van der Waals surface area contributed by atoms with Gasteiger partial charge in [0.05, 0.1) is 16.8 Å². The molecule has 100 valence electrons. The molecule has 1 aromatic heterocycles. The Morgan fingerprint density at radius 1 is 1.53 bits per heavy atom. The Kier molecular flexibility index (Phi) is 4.06. The lowest BCUT2D eigenvalue weighted by atomic mass is 10.1. The average molecular weight is 279 g/mol. The van der Waals surface area contributed by atoms with Gasteiger partial charge in [-0.2, -0.15) is 5.10 Å². The third kappa shape index (κ3) is 3.26. The third-order valence-corrected chi connectivity index (χ3v) is 3.05. The maximum Gasteiger partial charge on any atom is 0.254 e. The van der Waals surface area contributed by atoms with Crippen LogP contribution in [0.25, 0.3) is 0 Å². The normalized spacial score (nSPS) is 10.4. The molecule has 1 heterocycles. The fourth-order valence-electron chi connectivity index (χ4n) is 1.79. The Bertz CT molecular complexity index is 574. The predicted octanol–water partition coefficient (Wildman–Crippen LogP) is 1.63. The summed E-state index contributed by atoms with van der Waals surface area (Å²) in [4.78, 5) is 12.0. The number of nitrogens with two attached hydrogens (primary N) is 1. The number of benzene rings is 1. The summed E-state index contributed by atoms with van der Waals surface area (Å²) in [7, 11) is 1.85. The van der Waals surface area contributed by atoms with Crippen molar-refractivity contribution in [3.8, 4) is 0 Å². The van der Waals surface area contributed by atoms with Crippen LogP contribution in [-0.4, -0.2) is 22.2 Å². The number of rotatable bonds is 4. The Balaban J connectivity index is 1.94. The lowest BCUT2D eigenvalue weighted by Gasteiger charge is -2.08. The van der Waals surface area contributed by atoms with E-state index >= 15 is 0 Å². The van der Waals surface area contributed by atoms with Crippen LogP contribution in [0.2, 0.25) is 5.02 Å². The van der Waals surface area contributed by atoms with E-state index in [0.29, 0.717) is 29.2 Å². The molecule has 5 nitrogen and oxygen atoms in total. The molecule has 0 aliphatic heterocycles. The maximum atomic E-state index is 12.0. The molecule has 3 N–H and O–H groups in total. The predicted molar refractivity (Wildman–Crippen MR) is 75.1 cm³/mol. The van der Waals surface area contributed by atoms with Crippen molar-refractivity contribution in [1.29, 1.82) is 0 Å². The van der Waals surface area contributed by atoms with Crippen molar-refractivity contribution in [3.05, 3.63) is 46.7 Å². The lowest BCUT2D eigenvalue weighted by molar-refractivity contribution is 0.0955. The zero-order chi connectivity index (χ0) is 13.8. The summed E-state index contributed by atoms with van der Waals surface area (Å²) in [6.07, 6.45) is 4.40. The zero-order valence-electron chi connectivity index (χ0n) is 10.6. The van der Waals surface area contributed by atoms with Crippen molar-refractivity contribution in [2.24, 2.45) is 7.05 Å². The smallest absolute Gasteiger partial charge is 0.254 e. The van der Waals surface area contributed by atoms with E-state index in [1.54, 1.807) is 29.1 Å². The summed E-state index contributed by atoms with van der Waals surface area (Å²) in [5, 5.41) is 7.22. The van der Waals surface area contributed by atoms with Gasteiger partial charge in [0.1, 0.15) is 0 Å². The van der Waals surface area contributed by atoms with Crippen LogP contribution in [0.4, 0.5) is 5.69 Å². The fraction of sp³-hybridized carbons (Fsp3) is 0.231. The standard InChI is InChI=1S/C13H15ClN4O/c1-18-8-9(7-17-18)5-6-16-13(19)12-10(14)3-2-4-11(12)15/h2-4,7-8H,5-6,15H2,1H3,(H,16,19). The van der Waals surface area contributed by atoms with Crippen molar-refractivity contribution in [2.75, 3.05) is 12.3 Å². The largest absolute Gasteiger partial charge is 0.398 e. The molecule has 1 amide bonds. The van der Waals surface area contributed by atoms with Gasteiger partial charge in [-0.3, -0.25) is 9.48 Å². The van der Waals surface area contributed by atoms with Crippen molar-refractivity contribution < 1.29 is 4.79 Å². The van der Waals surface area contributed by atoms with Crippen molar-refractivity contribution in [3.63, 3.8) is 0 Å². The van der Waals surface area contributed by atoms with Crippen LogP contribution in [-0.2, 0) is 13.5 Å². The molecular formula is C13H15ClN4O. The van der Waals surface area contributed by atoms with Gasteiger partial charge in [-0.15, -0.1) is 0 Å². The number of halogens is 1. The molecule has 1 aromatic carbocycles. The second-order valence-corrected chi connectivity index (χ2v) is 4.64. The van der Waals surface area contributed by atoms with Crippen LogP contribution in [0.5, 0.6) is 0 Å². The highest BCUT2D eigenvalue weighted by Crippen LogP contribution is 2.21. The minimum absolute atomic E-state index is 0.257. The van der Waals surface area contributed by atoms with E-state index in [1.165, 1.54) is 0 Å². The molecule has 0 aliphatic rings. The van der Waals surface area contributed by atoms with Crippen LogP contribution in [0, 0.1) is 0 Å².